The number of benzene rings is 2. The molecule has 0 aromatic heterocycles. The van der Waals surface area contributed by atoms with E-state index in [0.717, 1.165) is 18.4 Å². The van der Waals surface area contributed by atoms with Crippen molar-refractivity contribution in [3.8, 4) is 16.9 Å². The maximum Gasteiger partial charge on any atom is 0.306 e. The summed E-state index contributed by atoms with van der Waals surface area (Å²) in [5.74, 6) is 0.704. The van der Waals surface area contributed by atoms with Crippen molar-refractivity contribution in [2.45, 2.75) is 52.1 Å². The predicted molar refractivity (Wildman–Crippen MR) is 104 cm³/mol. The van der Waals surface area contributed by atoms with Crippen LogP contribution in [0.3, 0.4) is 0 Å². The Morgan fingerprint density at radius 2 is 1.85 bits per heavy atom. The first-order valence-corrected chi connectivity index (χ1v) is 9.43. The molecule has 2 aromatic rings. The van der Waals surface area contributed by atoms with Crippen molar-refractivity contribution < 1.29 is 18.7 Å². The van der Waals surface area contributed by atoms with Gasteiger partial charge >= 0.3 is 5.97 Å². The van der Waals surface area contributed by atoms with Gasteiger partial charge in [0.15, 0.2) is 0 Å². The summed E-state index contributed by atoms with van der Waals surface area (Å²) in [7, 11) is 1.43. The first-order valence-electron chi connectivity index (χ1n) is 9.43. The Kier molecular flexibility index (Phi) is 5.54. The molecule has 0 aliphatic heterocycles. The fourth-order valence-electron chi connectivity index (χ4n) is 3.94. The number of carbonyl (C=O) groups is 1. The third kappa shape index (κ3) is 4.49. The van der Waals surface area contributed by atoms with Gasteiger partial charge in [0.25, 0.3) is 0 Å². The lowest BCUT2D eigenvalue weighted by Gasteiger charge is -2.45. The molecular weight excluding hydrogens is 343 g/mol. The zero-order valence-corrected chi connectivity index (χ0v) is 16.4. The third-order valence-electron chi connectivity index (χ3n) is 5.28. The second-order valence-electron chi connectivity index (χ2n) is 8.10. The number of ether oxygens (including phenoxy) is 2. The number of esters is 1. The highest BCUT2D eigenvalue weighted by Crippen LogP contribution is 2.53. The topological polar surface area (TPSA) is 35.5 Å². The Morgan fingerprint density at radius 3 is 2.44 bits per heavy atom. The van der Waals surface area contributed by atoms with E-state index in [-0.39, 0.29) is 23.3 Å². The number of carbonyl (C=O) groups excluding carboxylic acids is 1. The van der Waals surface area contributed by atoms with E-state index in [1.165, 1.54) is 18.7 Å². The van der Waals surface area contributed by atoms with Gasteiger partial charge in [-0.05, 0) is 67.3 Å². The van der Waals surface area contributed by atoms with E-state index in [2.05, 4.69) is 19.1 Å². The van der Waals surface area contributed by atoms with Gasteiger partial charge in [0.1, 0.15) is 11.6 Å². The maximum absolute atomic E-state index is 14.3. The van der Waals surface area contributed by atoms with E-state index < -0.39 is 0 Å². The molecule has 3 nitrogen and oxygen atoms in total. The summed E-state index contributed by atoms with van der Waals surface area (Å²) in [4.78, 5) is 11.5. The zero-order valence-electron chi connectivity index (χ0n) is 16.4. The van der Waals surface area contributed by atoms with E-state index in [9.17, 15) is 9.18 Å². The van der Waals surface area contributed by atoms with E-state index in [1.807, 2.05) is 26.0 Å². The minimum atomic E-state index is -0.256. The van der Waals surface area contributed by atoms with Gasteiger partial charge in [0, 0.05) is 5.56 Å². The van der Waals surface area contributed by atoms with E-state index >= 15 is 0 Å². The Morgan fingerprint density at radius 1 is 1.19 bits per heavy atom. The second kappa shape index (κ2) is 7.71. The number of halogens is 1. The Bertz CT molecular complexity index is 805. The van der Waals surface area contributed by atoms with Crippen LogP contribution in [0.1, 0.15) is 51.5 Å². The van der Waals surface area contributed by atoms with Gasteiger partial charge in [0.2, 0.25) is 0 Å². The summed E-state index contributed by atoms with van der Waals surface area (Å²) < 4.78 is 24.8. The lowest BCUT2D eigenvalue weighted by molar-refractivity contribution is -0.144. The molecule has 0 atom stereocenters. The van der Waals surface area contributed by atoms with Gasteiger partial charge in [-0.15, -0.1) is 0 Å². The predicted octanol–water partition coefficient (Wildman–Crippen LogP) is 5.73. The molecule has 3 rings (SSSR count). The molecule has 1 fully saturated rings. The van der Waals surface area contributed by atoms with Gasteiger partial charge in [-0.25, -0.2) is 4.39 Å². The molecule has 0 spiro atoms. The second-order valence-corrected chi connectivity index (χ2v) is 8.10. The van der Waals surface area contributed by atoms with E-state index in [1.54, 1.807) is 12.1 Å². The molecular formula is C23H27FO3. The number of methoxy groups -OCH3 is 1. The average molecular weight is 370 g/mol. The monoisotopic (exact) mass is 370 g/mol. The number of rotatable bonds is 6. The van der Waals surface area contributed by atoms with Crippen molar-refractivity contribution in [3.05, 3.63) is 53.8 Å². The van der Waals surface area contributed by atoms with Crippen molar-refractivity contribution in [2.24, 2.45) is 5.41 Å². The normalized spacial score (nSPS) is 21.6. The summed E-state index contributed by atoms with van der Waals surface area (Å²) in [6.07, 6.45) is 2.44. The van der Waals surface area contributed by atoms with Crippen LogP contribution in [0, 0.1) is 11.2 Å². The highest BCUT2D eigenvalue weighted by atomic mass is 19.1. The summed E-state index contributed by atoms with van der Waals surface area (Å²) in [6.45, 7) is 6.03. The molecule has 1 aliphatic rings. The van der Waals surface area contributed by atoms with Crippen LogP contribution >= 0.6 is 0 Å². The van der Waals surface area contributed by atoms with Crippen LogP contribution < -0.4 is 4.74 Å². The fourth-order valence-corrected chi connectivity index (χ4v) is 3.94. The van der Waals surface area contributed by atoms with Crippen molar-refractivity contribution >= 4 is 5.97 Å². The molecule has 0 amide bonds. The molecule has 0 unspecified atom stereocenters. The largest absolute Gasteiger partial charge is 0.491 e. The first-order chi connectivity index (χ1) is 12.8. The SMILES string of the molecule is COC(=O)CC1(C)CC(c2ccc(-c3cc(OC(C)C)ccc3F)cc2)C1. The molecule has 0 N–H and O–H groups in total. The summed E-state index contributed by atoms with van der Waals surface area (Å²) in [6, 6.07) is 12.9. The standard InChI is InChI=1S/C23H27FO3/c1-15(2)27-19-9-10-21(24)20(11-19)17-7-5-16(6-8-17)18-12-23(3,13-18)14-22(25)26-4/h5-11,15,18H,12-14H2,1-4H3. The molecule has 0 saturated heterocycles. The Balaban J connectivity index is 1.71. The molecule has 1 aliphatic carbocycles. The van der Waals surface area contributed by atoms with E-state index in [0.29, 0.717) is 23.7 Å². The molecule has 0 radical (unpaired) electrons. The minimum Gasteiger partial charge on any atom is -0.491 e. The van der Waals surface area contributed by atoms with Crippen molar-refractivity contribution in [2.75, 3.05) is 7.11 Å². The number of hydrogen-bond donors (Lipinski definition) is 0. The highest BCUT2D eigenvalue weighted by molar-refractivity contribution is 5.70. The van der Waals surface area contributed by atoms with Gasteiger partial charge < -0.3 is 9.47 Å². The lowest BCUT2D eigenvalue weighted by atomic mass is 9.59. The van der Waals surface area contributed by atoms with Crippen molar-refractivity contribution in [1.29, 1.82) is 0 Å². The summed E-state index contributed by atoms with van der Waals surface area (Å²) in [5.41, 5.74) is 2.63. The molecule has 27 heavy (non-hydrogen) atoms. The van der Waals surface area contributed by atoms with Gasteiger partial charge in [0.05, 0.1) is 19.6 Å². The zero-order chi connectivity index (χ0) is 19.6. The highest BCUT2D eigenvalue weighted by Gasteiger charge is 2.42. The van der Waals surface area contributed by atoms with Gasteiger partial charge in [-0.1, -0.05) is 31.2 Å². The van der Waals surface area contributed by atoms with E-state index in [4.69, 9.17) is 9.47 Å². The Hall–Kier alpha value is -2.36. The number of hydrogen-bond acceptors (Lipinski definition) is 3. The summed E-state index contributed by atoms with van der Waals surface area (Å²) in [5, 5.41) is 0. The van der Waals surface area contributed by atoms with Crippen LogP contribution in [-0.4, -0.2) is 19.2 Å². The van der Waals surface area contributed by atoms with Crippen LogP contribution in [0.15, 0.2) is 42.5 Å². The quantitative estimate of drug-likeness (QED) is 0.610. The lowest BCUT2D eigenvalue weighted by Crippen LogP contribution is -2.35. The van der Waals surface area contributed by atoms with Crippen molar-refractivity contribution in [3.63, 3.8) is 0 Å². The minimum absolute atomic E-state index is 0.0189. The molecule has 1 saturated carbocycles. The third-order valence-corrected chi connectivity index (χ3v) is 5.28. The van der Waals surface area contributed by atoms with Gasteiger partial charge in [-0.3, -0.25) is 4.79 Å². The smallest absolute Gasteiger partial charge is 0.306 e. The molecule has 144 valence electrons. The van der Waals surface area contributed by atoms with Crippen LogP contribution in [-0.2, 0) is 9.53 Å². The van der Waals surface area contributed by atoms with Crippen LogP contribution in [0.4, 0.5) is 4.39 Å². The molecule has 0 bridgehead atoms. The van der Waals surface area contributed by atoms with Crippen LogP contribution in [0.5, 0.6) is 5.75 Å². The summed E-state index contributed by atoms with van der Waals surface area (Å²) >= 11 is 0. The molecule has 4 heteroatoms. The molecule has 0 heterocycles. The average Bonchev–Trinajstić information content (AvgIpc) is 2.61. The van der Waals surface area contributed by atoms with Crippen LogP contribution in [0.2, 0.25) is 0 Å². The van der Waals surface area contributed by atoms with Crippen molar-refractivity contribution in [1.82, 2.24) is 0 Å². The molecule has 2 aromatic carbocycles. The van der Waals surface area contributed by atoms with Crippen LogP contribution in [0.25, 0.3) is 11.1 Å². The fraction of sp³-hybridized carbons (Fsp3) is 0.435. The maximum atomic E-state index is 14.3. The Labute approximate surface area is 160 Å². The van der Waals surface area contributed by atoms with Gasteiger partial charge in [-0.2, -0.15) is 0 Å². The first kappa shape index (κ1) is 19.4.